The lowest BCUT2D eigenvalue weighted by Crippen LogP contribution is -2.38. The van der Waals surface area contributed by atoms with Crippen molar-refractivity contribution in [2.45, 2.75) is 32.7 Å². The van der Waals surface area contributed by atoms with Crippen molar-refractivity contribution < 1.29 is 19.1 Å². The fourth-order valence-corrected chi connectivity index (χ4v) is 4.42. The summed E-state index contributed by atoms with van der Waals surface area (Å²) >= 11 is 12.4. The second kappa shape index (κ2) is 12.7. The van der Waals surface area contributed by atoms with Crippen molar-refractivity contribution in [2.75, 3.05) is 26.1 Å². The average Bonchev–Trinajstić information content (AvgIpc) is 3.38. The van der Waals surface area contributed by atoms with Crippen LogP contribution in [0.5, 0.6) is 11.5 Å². The van der Waals surface area contributed by atoms with Crippen molar-refractivity contribution in [1.82, 2.24) is 14.7 Å². The van der Waals surface area contributed by atoms with Crippen LogP contribution in [0, 0.1) is 0 Å². The molecule has 4 rings (SSSR count). The predicted octanol–water partition coefficient (Wildman–Crippen LogP) is 6.77. The first kappa shape index (κ1) is 30.0. The lowest BCUT2D eigenvalue weighted by molar-refractivity contribution is -0.117. The minimum absolute atomic E-state index is 0.214. The van der Waals surface area contributed by atoms with Gasteiger partial charge in [-0.3, -0.25) is 9.59 Å². The number of methoxy groups -OCH3 is 2. The van der Waals surface area contributed by atoms with Gasteiger partial charge in [0, 0.05) is 29.7 Å². The molecule has 1 aromatic heterocycles. The Balaban J connectivity index is 1.66. The molecule has 0 bridgehead atoms. The number of aromatic nitrogens is 2. The number of carbonyl (C=O) groups is 2. The molecule has 214 valence electrons. The number of nitrogens with one attached hydrogen (secondary N) is 1. The number of ether oxygens (including phenoxy) is 2. The van der Waals surface area contributed by atoms with E-state index >= 15 is 0 Å². The monoisotopic (exact) mass is 594 g/mol. The zero-order chi connectivity index (χ0) is 29.7. The molecule has 2 amide bonds. The van der Waals surface area contributed by atoms with Crippen LogP contribution in [0.1, 0.15) is 42.4 Å². The second-order valence-corrected chi connectivity index (χ2v) is 11.3. The number of hydrogen-bond acceptors (Lipinski definition) is 5. The molecule has 0 unspecified atom stereocenters. The summed E-state index contributed by atoms with van der Waals surface area (Å²) in [7, 11) is 3.03. The molecule has 0 aliphatic rings. The SMILES string of the molecule is COc1cc(OC)cc(C(=O)N(CC(=O)Nc2cc(C(C)(C)C)nn2-c2ccc(Cl)c(Cl)c2)Cc2ccccc2)c1. The van der Waals surface area contributed by atoms with Gasteiger partial charge in [0.15, 0.2) is 0 Å². The molecule has 0 radical (unpaired) electrons. The average molecular weight is 596 g/mol. The fraction of sp³-hybridized carbons (Fsp3) is 0.258. The standard InChI is InChI=1S/C31H32Cl2N4O4/c1-31(2,3)27-17-28(37(35-27)22-11-12-25(32)26(33)15-22)34-29(38)19-36(18-20-9-7-6-8-10-20)30(39)21-13-23(40-4)16-24(14-21)41-5/h6-17H,18-19H2,1-5H3,(H,34,38). The highest BCUT2D eigenvalue weighted by Gasteiger charge is 2.24. The lowest BCUT2D eigenvalue weighted by atomic mass is 9.92. The molecule has 0 aliphatic heterocycles. The first-order chi connectivity index (χ1) is 19.5. The second-order valence-electron chi connectivity index (χ2n) is 10.5. The molecule has 0 spiro atoms. The van der Waals surface area contributed by atoms with E-state index in [1.807, 2.05) is 57.2 Å². The van der Waals surface area contributed by atoms with Crippen molar-refractivity contribution >= 4 is 40.8 Å². The summed E-state index contributed by atoms with van der Waals surface area (Å²) in [6.07, 6.45) is 0. The summed E-state index contributed by atoms with van der Waals surface area (Å²) in [5, 5.41) is 8.45. The Morgan fingerprint density at radius 2 is 1.56 bits per heavy atom. The lowest BCUT2D eigenvalue weighted by Gasteiger charge is -2.23. The number of anilines is 1. The van der Waals surface area contributed by atoms with Gasteiger partial charge in [0.05, 0.1) is 35.6 Å². The molecule has 1 N–H and O–H groups in total. The van der Waals surface area contributed by atoms with Gasteiger partial charge in [-0.1, -0.05) is 74.3 Å². The minimum Gasteiger partial charge on any atom is -0.497 e. The Kier molecular flexibility index (Phi) is 9.25. The highest BCUT2D eigenvalue weighted by atomic mass is 35.5. The van der Waals surface area contributed by atoms with Gasteiger partial charge >= 0.3 is 0 Å². The van der Waals surface area contributed by atoms with E-state index in [2.05, 4.69) is 5.32 Å². The minimum atomic E-state index is -0.397. The Hall–Kier alpha value is -4.01. The van der Waals surface area contributed by atoms with Crippen molar-refractivity contribution in [1.29, 1.82) is 0 Å². The number of nitrogens with zero attached hydrogens (tertiary/aromatic N) is 3. The van der Waals surface area contributed by atoms with Gasteiger partial charge in [-0.2, -0.15) is 5.10 Å². The van der Waals surface area contributed by atoms with Crippen molar-refractivity contribution in [3.63, 3.8) is 0 Å². The van der Waals surface area contributed by atoms with E-state index in [0.717, 1.165) is 11.3 Å². The Morgan fingerprint density at radius 1 is 0.902 bits per heavy atom. The number of benzene rings is 3. The van der Waals surface area contributed by atoms with Crippen molar-refractivity contribution in [3.8, 4) is 17.2 Å². The zero-order valence-electron chi connectivity index (χ0n) is 23.6. The molecule has 4 aromatic rings. The van der Waals surface area contributed by atoms with Crippen LogP contribution in [0.4, 0.5) is 5.82 Å². The highest BCUT2D eigenvalue weighted by Crippen LogP contribution is 2.30. The van der Waals surface area contributed by atoms with Crippen LogP contribution in [-0.2, 0) is 16.8 Å². The maximum atomic E-state index is 13.8. The molecule has 0 atom stereocenters. The molecule has 10 heteroatoms. The molecule has 0 saturated heterocycles. The van der Waals surface area contributed by atoms with Gasteiger partial charge in [-0.25, -0.2) is 4.68 Å². The van der Waals surface area contributed by atoms with E-state index in [1.54, 1.807) is 41.1 Å². The van der Waals surface area contributed by atoms with E-state index in [-0.39, 0.29) is 24.4 Å². The molecular formula is C31H32Cl2N4O4. The van der Waals surface area contributed by atoms with Crippen molar-refractivity contribution in [2.24, 2.45) is 0 Å². The zero-order valence-corrected chi connectivity index (χ0v) is 25.1. The smallest absolute Gasteiger partial charge is 0.254 e. The summed E-state index contributed by atoms with van der Waals surface area (Å²) in [5.74, 6) is 0.628. The third kappa shape index (κ3) is 7.39. The molecule has 41 heavy (non-hydrogen) atoms. The van der Waals surface area contributed by atoms with Gasteiger partial charge < -0.3 is 19.7 Å². The largest absolute Gasteiger partial charge is 0.497 e. The van der Waals surface area contributed by atoms with Gasteiger partial charge in [0.2, 0.25) is 5.91 Å². The number of amides is 2. The molecular weight excluding hydrogens is 563 g/mol. The Morgan fingerprint density at radius 3 is 2.15 bits per heavy atom. The van der Waals surface area contributed by atoms with Gasteiger partial charge in [-0.15, -0.1) is 0 Å². The molecule has 0 saturated carbocycles. The van der Waals surface area contributed by atoms with E-state index in [4.69, 9.17) is 37.8 Å². The fourth-order valence-electron chi connectivity index (χ4n) is 4.12. The topological polar surface area (TPSA) is 85.7 Å². The van der Waals surface area contributed by atoms with E-state index in [0.29, 0.717) is 38.6 Å². The van der Waals surface area contributed by atoms with Crippen LogP contribution >= 0.6 is 23.2 Å². The highest BCUT2D eigenvalue weighted by molar-refractivity contribution is 6.42. The molecule has 3 aromatic carbocycles. The summed E-state index contributed by atoms with van der Waals surface area (Å²) in [6.45, 7) is 6.09. The van der Waals surface area contributed by atoms with E-state index in [1.165, 1.54) is 19.1 Å². The van der Waals surface area contributed by atoms with Gasteiger partial charge in [-0.05, 0) is 35.9 Å². The summed E-state index contributed by atoms with van der Waals surface area (Å²) < 4.78 is 12.3. The summed E-state index contributed by atoms with van der Waals surface area (Å²) in [4.78, 5) is 28.7. The van der Waals surface area contributed by atoms with Gasteiger partial charge in [0.25, 0.3) is 5.91 Å². The van der Waals surface area contributed by atoms with E-state index in [9.17, 15) is 9.59 Å². The van der Waals surface area contributed by atoms with Crippen molar-refractivity contribution in [3.05, 3.63) is 99.7 Å². The molecule has 1 heterocycles. The summed E-state index contributed by atoms with van der Waals surface area (Å²) in [5.41, 5.74) is 2.31. The van der Waals surface area contributed by atoms with E-state index < -0.39 is 5.91 Å². The van der Waals surface area contributed by atoms with Crippen LogP contribution in [-0.4, -0.2) is 47.3 Å². The number of hydrogen-bond donors (Lipinski definition) is 1. The molecule has 0 fully saturated rings. The maximum absolute atomic E-state index is 13.8. The van der Waals surface area contributed by atoms with Crippen LogP contribution in [0.15, 0.2) is 72.8 Å². The first-order valence-electron chi connectivity index (χ1n) is 12.9. The molecule has 0 aliphatic carbocycles. The third-order valence-electron chi connectivity index (χ3n) is 6.33. The van der Waals surface area contributed by atoms with Crippen LogP contribution in [0.2, 0.25) is 10.0 Å². The summed E-state index contributed by atoms with van der Waals surface area (Å²) in [6, 6.07) is 21.3. The quantitative estimate of drug-likeness (QED) is 0.231. The predicted molar refractivity (Wildman–Crippen MR) is 162 cm³/mol. The number of carbonyl (C=O) groups excluding carboxylic acids is 2. The van der Waals surface area contributed by atoms with Crippen LogP contribution in [0.3, 0.4) is 0 Å². The molecule has 8 nitrogen and oxygen atoms in total. The Bertz CT molecular complexity index is 1530. The van der Waals surface area contributed by atoms with Crippen LogP contribution < -0.4 is 14.8 Å². The van der Waals surface area contributed by atoms with Gasteiger partial charge in [0.1, 0.15) is 23.9 Å². The van der Waals surface area contributed by atoms with Crippen LogP contribution in [0.25, 0.3) is 5.69 Å². The first-order valence-corrected chi connectivity index (χ1v) is 13.7. The number of halogens is 2. The third-order valence-corrected chi connectivity index (χ3v) is 7.07. The normalized spacial score (nSPS) is 11.2. The number of rotatable bonds is 9. The Labute approximate surface area is 249 Å². The maximum Gasteiger partial charge on any atom is 0.254 e.